The number of benzene rings is 5. The van der Waals surface area contributed by atoms with Gasteiger partial charge in [0.1, 0.15) is 5.82 Å². The second kappa shape index (κ2) is 14.4. The molecular formula is C49H46N4OPt. The summed E-state index contributed by atoms with van der Waals surface area (Å²) in [6.07, 6.45) is 1.92. The molecule has 5 nitrogen and oxygen atoms in total. The molecule has 0 radical (unpaired) electrons. The standard InChI is InChI=1S/C49H46N4O.Pt/c1-47(2,3)44-32-45(48(4,5)6)53(51-44)37-20-15-21-38(30-37)54-39-23-24-40-41-28-34(33-16-11-9-12-17-33)22-25-42(41)52(43(40)31-39)46-29-36(26-27-50-46)49(7,8)35-18-13-10-14-19-35;/h9-29,32H,1-8H3;/q-2;+2. The van der Waals surface area contributed by atoms with E-state index in [0.29, 0.717) is 11.5 Å². The Bertz CT molecular complexity index is 2620. The number of rotatable bonds is 7. The Hall–Kier alpha value is -5.25. The summed E-state index contributed by atoms with van der Waals surface area (Å²) in [5.74, 6) is 2.01. The summed E-state index contributed by atoms with van der Waals surface area (Å²) in [7, 11) is 0. The van der Waals surface area contributed by atoms with Crippen molar-refractivity contribution in [1.82, 2.24) is 19.3 Å². The fraction of sp³-hybridized carbons (Fsp3) is 0.224. The Kier molecular flexibility index (Phi) is 9.98. The van der Waals surface area contributed by atoms with Crippen molar-refractivity contribution in [3.63, 3.8) is 0 Å². The van der Waals surface area contributed by atoms with Crippen LogP contribution in [0.3, 0.4) is 0 Å². The molecule has 278 valence electrons. The van der Waals surface area contributed by atoms with E-state index < -0.39 is 0 Å². The molecule has 55 heavy (non-hydrogen) atoms. The van der Waals surface area contributed by atoms with Crippen molar-refractivity contribution in [3.05, 3.63) is 168 Å². The van der Waals surface area contributed by atoms with Crippen LogP contribution in [0.1, 0.15) is 77.9 Å². The smallest absolute Gasteiger partial charge is 0.509 e. The monoisotopic (exact) mass is 901 g/mol. The Morgan fingerprint density at radius 3 is 2.00 bits per heavy atom. The molecule has 5 aromatic carbocycles. The van der Waals surface area contributed by atoms with E-state index in [1.807, 2.05) is 35.1 Å². The van der Waals surface area contributed by atoms with Crippen LogP contribution in [0.5, 0.6) is 11.5 Å². The molecule has 0 N–H and O–H groups in total. The van der Waals surface area contributed by atoms with E-state index in [2.05, 4.69) is 175 Å². The topological polar surface area (TPSA) is 44.9 Å². The van der Waals surface area contributed by atoms with E-state index in [4.69, 9.17) is 14.8 Å². The minimum atomic E-state index is -0.230. The SMILES string of the molecule is CC(C)(C)c1cc(C(C)(C)C)n(-c2[c-]c(Oc3[c-]c4c(cc3)c3cc(-c5ccccc5)ccc3n4-c3cc(C(C)(C)c4ccccc4)ccn3)ccc2)n1.[Pt+2]. The van der Waals surface area contributed by atoms with E-state index in [1.54, 1.807) is 0 Å². The maximum Gasteiger partial charge on any atom is 2.00 e. The van der Waals surface area contributed by atoms with Crippen LogP contribution in [-0.4, -0.2) is 19.3 Å². The number of fused-ring (bicyclic) bond motifs is 3. The summed E-state index contributed by atoms with van der Waals surface area (Å²) < 4.78 is 10.8. The zero-order valence-corrected chi connectivity index (χ0v) is 35.0. The van der Waals surface area contributed by atoms with Gasteiger partial charge in [-0.15, -0.1) is 35.7 Å². The third kappa shape index (κ3) is 7.31. The van der Waals surface area contributed by atoms with Crippen molar-refractivity contribution >= 4 is 21.8 Å². The molecule has 0 saturated heterocycles. The first kappa shape index (κ1) is 38.0. The Morgan fingerprint density at radius 2 is 1.29 bits per heavy atom. The quantitative estimate of drug-likeness (QED) is 0.150. The molecule has 8 rings (SSSR count). The van der Waals surface area contributed by atoms with Crippen molar-refractivity contribution in [1.29, 1.82) is 0 Å². The molecule has 0 aliphatic carbocycles. The van der Waals surface area contributed by atoms with Crippen molar-refractivity contribution in [2.45, 2.75) is 71.6 Å². The molecule has 0 fully saturated rings. The van der Waals surface area contributed by atoms with Gasteiger partial charge in [-0.1, -0.05) is 134 Å². The van der Waals surface area contributed by atoms with E-state index in [9.17, 15) is 0 Å². The molecule has 0 aliphatic rings. The summed E-state index contributed by atoms with van der Waals surface area (Å²) in [5.41, 5.74) is 9.26. The van der Waals surface area contributed by atoms with Crippen molar-refractivity contribution < 1.29 is 25.8 Å². The van der Waals surface area contributed by atoms with Gasteiger partial charge in [0.15, 0.2) is 0 Å². The normalized spacial score (nSPS) is 12.2. The number of hydrogen-bond donors (Lipinski definition) is 0. The molecule has 3 aromatic heterocycles. The maximum absolute atomic E-state index is 6.58. The molecule has 0 amide bonds. The predicted molar refractivity (Wildman–Crippen MR) is 221 cm³/mol. The second-order valence-electron chi connectivity index (χ2n) is 16.7. The average Bonchev–Trinajstić information content (AvgIpc) is 3.77. The van der Waals surface area contributed by atoms with E-state index in [1.165, 1.54) is 16.7 Å². The van der Waals surface area contributed by atoms with Gasteiger partial charge in [0.25, 0.3) is 0 Å². The molecule has 6 heteroatoms. The van der Waals surface area contributed by atoms with Gasteiger partial charge in [-0.25, -0.2) is 4.98 Å². The summed E-state index contributed by atoms with van der Waals surface area (Å²) in [6.45, 7) is 17.8. The van der Waals surface area contributed by atoms with Crippen LogP contribution >= 0.6 is 0 Å². The van der Waals surface area contributed by atoms with Crippen LogP contribution < -0.4 is 4.74 Å². The first-order valence-corrected chi connectivity index (χ1v) is 18.7. The van der Waals surface area contributed by atoms with Crippen LogP contribution in [0, 0.1) is 12.1 Å². The van der Waals surface area contributed by atoms with Gasteiger partial charge < -0.3 is 9.30 Å². The Morgan fingerprint density at radius 1 is 0.582 bits per heavy atom. The number of hydrogen-bond acceptors (Lipinski definition) is 3. The van der Waals surface area contributed by atoms with Gasteiger partial charge in [0.2, 0.25) is 0 Å². The molecule has 0 bridgehead atoms. The summed E-state index contributed by atoms with van der Waals surface area (Å²) in [6, 6.07) is 51.6. The Balaban J connectivity index is 0.00000465. The average molecular weight is 902 g/mol. The summed E-state index contributed by atoms with van der Waals surface area (Å²) in [4.78, 5) is 4.96. The Labute approximate surface area is 339 Å². The van der Waals surface area contributed by atoms with Gasteiger partial charge in [0.05, 0.1) is 5.69 Å². The first-order chi connectivity index (χ1) is 25.8. The van der Waals surface area contributed by atoms with Gasteiger partial charge >= 0.3 is 21.1 Å². The second-order valence-corrected chi connectivity index (χ2v) is 16.7. The van der Waals surface area contributed by atoms with Gasteiger partial charge in [-0.2, -0.15) is 17.2 Å². The minimum Gasteiger partial charge on any atom is -0.509 e. The fourth-order valence-corrected chi connectivity index (χ4v) is 7.19. The van der Waals surface area contributed by atoms with Gasteiger partial charge in [0, 0.05) is 45.2 Å². The molecule has 0 saturated carbocycles. The molecule has 3 heterocycles. The van der Waals surface area contributed by atoms with Crippen molar-refractivity contribution in [2.75, 3.05) is 0 Å². The molecule has 0 spiro atoms. The largest absolute Gasteiger partial charge is 2.00 e. The molecule has 0 atom stereocenters. The third-order valence-corrected chi connectivity index (χ3v) is 10.4. The molecule has 0 unspecified atom stereocenters. The number of aromatic nitrogens is 4. The number of nitrogens with zero attached hydrogens (tertiary/aromatic N) is 4. The van der Waals surface area contributed by atoms with Crippen molar-refractivity contribution in [3.8, 4) is 34.1 Å². The summed E-state index contributed by atoms with van der Waals surface area (Å²) in [5, 5.41) is 7.26. The molecule has 0 aliphatic heterocycles. The van der Waals surface area contributed by atoms with Crippen LogP contribution in [0.25, 0.3) is 44.4 Å². The molecular weight excluding hydrogens is 856 g/mol. The maximum atomic E-state index is 6.58. The van der Waals surface area contributed by atoms with E-state index in [0.717, 1.165) is 50.3 Å². The number of pyridine rings is 1. The van der Waals surface area contributed by atoms with Crippen LogP contribution in [0.2, 0.25) is 0 Å². The zero-order chi connectivity index (χ0) is 37.8. The van der Waals surface area contributed by atoms with Gasteiger partial charge in [-0.3, -0.25) is 4.68 Å². The van der Waals surface area contributed by atoms with E-state index >= 15 is 0 Å². The minimum absolute atomic E-state index is 0. The van der Waals surface area contributed by atoms with Crippen LogP contribution in [0.4, 0.5) is 0 Å². The molecule has 8 aromatic rings. The van der Waals surface area contributed by atoms with Crippen LogP contribution in [-0.2, 0) is 37.3 Å². The fourth-order valence-electron chi connectivity index (χ4n) is 7.19. The zero-order valence-electron chi connectivity index (χ0n) is 32.7. The van der Waals surface area contributed by atoms with E-state index in [-0.39, 0.29) is 37.3 Å². The van der Waals surface area contributed by atoms with Gasteiger partial charge in [-0.05, 0) is 57.6 Å². The number of ether oxygens (including phenoxy) is 1. The van der Waals surface area contributed by atoms with Crippen LogP contribution in [0.15, 0.2) is 134 Å². The summed E-state index contributed by atoms with van der Waals surface area (Å²) >= 11 is 0. The predicted octanol–water partition coefficient (Wildman–Crippen LogP) is 12.3. The first-order valence-electron chi connectivity index (χ1n) is 18.7. The third-order valence-electron chi connectivity index (χ3n) is 10.4. The van der Waals surface area contributed by atoms with Crippen molar-refractivity contribution in [2.24, 2.45) is 0 Å².